The molecule has 0 bridgehead atoms. The SMILES string of the molecule is NCC1CC(c2ccc(Nc3cccnc3)cc2)=NO1. The number of anilines is 2. The first kappa shape index (κ1) is 12.6. The maximum absolute atomic E-state index is 5.57. The van der Waals surface area contributed by atoms with Gasteiger partial charge in [-0.05, 0) is 29.8 Å². The average molecular weight is 268 g/mol. The Morgan fingerprint density at radius 3 is 2.70 bits per heavy atom. The molecule has 0 spiro atoms. The third-order valence-corrected chi connectivity index (χ3v) is 3.16. The monoisotopic (exact) mass is 268 g/mol. The first-order valence-electron chi connectivity index (χ1n) is 6.55. The molecule has 0 fully saturated rings. The van der Waals surface area contributed by atoms with E-state index in [2.05, 4.69) is 15.5 Å². The van der Waals surface area contributed by atoms with Crippen molar-refractivity contribution in [1.29, 1.82) is 0 Å². The molecule has 1 atom stereocenters. The quantitative estimate of drug-likeness (QED) is 0.892. The lowest BCUT2D eigenvalue weighted by molar-refractivity contribution is 0.0918. The van der Waals surface area contributed by atoms with Crippen LogP contribution in [0.5, 0.6) is 0 Å². The first-order chi connectivity index (χ1) is 9.85. The molecule has 2 heterocycles. The zero-order valence-corrected chi connectivity index (χ0v) is 11.0. The summed E-state index contributed by atoms with van der Waals surface area (Å²) in [6.07, 6.45) is 4.32. The van der Waals surface area contributed by atoms with Gasteiger partial charge in [-0.1, -0.05) is 17.3 Å². The van der Waals surface area contributed by atoms with Gasteiger partial charge in [-0.2, -0.15) is 0 Å². The van der Waals surface area contributed by atoms with Crippen LogP contribution >= 0.6 is 0 Å². The predicted molar refractivity (Wildman–Crippen MR) is 79.0 cm³/mol. The van der Waals surface area contributed by atoms with Crippen molar-refractivity contribution in [2.45, 2.75) is 12.5 Å². The Morgan fingerprint density at radius 1 is 1.20 bits per heavy atom. The van der Waals surface area contributed by atoms with Crippen LogP contribution in [0, 0.1) is 0 Å². The van der Waals surface area contributed by atoms with Crippen LogP contribution in [-0.2, 0) is 4.84 Å². The van der Waals surface area contributed by atoms with E-state index in [1.807, 2.05) is 36.4 Å². The predicted octanol–water partition coefficient (Wildman–Crippen LogP) is 2.28. The van der Waals surface area contributed by atoms with Crippen molar-refractivity contribution in [2.24, 2.45) is 10.9 Å². The number of nitrogens with zero attached hydrogens (tertiary/aromatic N) is 2. The highest BCUT2D eigenvalue weighted by atomic mass is 16.6. The largest absolute Gasteiger partial charge is 0.390 e. The molecule has 0 amide bonds. The van der Waals surface area contributed by atoms with Crippen LogP contribution in [0.4, 0.5) is 11.4 Å². The number of hydrogen-bond donors (Lipinski definition) is 2. The number of nitrogens with one attached hydrogen (secondary N) is 1. The molecule has 1 aliphatic heterocycles. The number of aromatic nitrogens is 1. The molecule has 0 radical (unpaired) electrons. The smallest absolute Gasteiger partial charge is 0.145 e. The lowest BCUT2D eigenvalue weighted by Crippen LogP contribution is -2.20. The fraction of sp³-hybridized carbons (Fsp3) is 0.200. The van der Waals surface area contributed by atoms with Crippen LogP contribution in [0.1, 0.15) is 12.0 Å². The van der Waals surface area contributed by atoms with E-state index in [1.54, 1.807) is 12.4 Å². The highest BCUT2D eigenvalue weighted by Crippen LogP contribution is 2.20. The van der Waals surface area contributed by atoms with E-state index >= 15 is 0 Å². The van der Waals surface area contributed by atoms with Gasteiger partial charge in [0.1, 0.15) is 6.10 Å². The lowest BCUT2D eigenvalue weighted by Gasteiger charge is -2.07. The van der Waals surface area contributed by atoms with Gasteiger partial charge < -0.3 is 15.9 Å². The van der Waals surface area contributed by atoms with E-state index in [-0.39, 0.29) is 6.10 Å². The van der Waals surface area contributed by atoms with Gasteiger partial charge in [-0.25, -0.2) is 0 Å². The Morgan fingerprint density at radius 2 is 2.05 bits per heavy atom. The van der Waals surface area contributed by atoms with Crippen molar-refractivity contribution >= 4 is 17.1 Å². The normalized spacial score (nSPS) is 17.4. The molecule has 1 unspecified atom stereocenters. The summed E-state index contributed by atoms with van der Waals surface area (Å²) >= 11 is 0. The molecule has 1 aromatic heterocycles. The fourth-order valence-corrected chi connectivity index (χ4v) is 2.07. The van der Waals surface area contributed by atoms with Crippen LogP contribution in [0.15, 0.2) is 53.9 Å². The van der Waals surface area contributed by atoms with E-state index in [9.17, 15) is 0 Å². The molecule has 2 aromatic rings. The summed E-state index contributed by atoms with van der Waals surface area (Å²) in [6.45, 7) is 0.494. The van der Waals surface area contributed by atoms with Gasteiger partial charge in [-0.15, -0.1) is 0 Å². The van der Waals surface area contributed by atoms with Crippen LogP contribution in [-0.4, -0.2) is 23.3 Å². The van der Waals surface area contributed by atoms with E-state index in [4.69, 9.17) is 10.6 Å². The van der Waals surface area contributed by atoms with Gasteiger partial charge in [0, 0.05) is 24.8 Å². The molecule has 0 aliphatic carbocycles. The number of oxime groups is 1. The van der Waals surface area contributed by atoms with Crippen molar-refractivity contribution in [3.05, 3.63) is 54.4 Å². The Bertz CT molecular complexity index is 595. The van der Waals surface area contributed by atoms with Crippen molar-refractivity contribution in [1.82, 2.24) is 4.98 Å². The summed E-state index contributed by atoms with van der Waals surface area (Å²) in [6, 6.07) is 12.0. The summed E-state index contributed by atoms with van der Waals surface area (Å²) in [7, 11) is 0. The summed E-state index contributed by atoms with van der Waals surface area (Å²) < 4.78 is 0. The molecule has 0 saturated carbocycles. The summed E-state index contributed by atoms with van der Waals surface area (Å²) in [5.41, 5.74) is 9.56. The minimum atomic E-state index is 0.0122. The van der Waals surface area contributed by atoms with Crippen molar-refractivity contribution < 1.29 is 4.84 Å². The maximum Gasteiger partial charge on any atom is 0.145 e. The second-order valence-corrected chi connectivity index (χ2v) is 4.65. The molecule has 102 valence electrons. The topological polar surface area (TPSA) is 72.5 Å². The zero-order chi connectivity index (χ0) is 13.8. The molecular weight excluding hydrogens is 252 g/mol. The van der Waals surface area contributed by atoms with E-state index in [0.717, 1.165) is 29.1 Å². The van der Waals surface area contributed by atoms with Gasteiger partial charge in [0.05, 0.1) is 17.6 Å². The number of benzene rings is 1. The molecule has 1 aromatic carbocycles. The molecular formula is C15H16N4O. The van der Waals surface area contributed by atoms with Crippen molar-refractivity contribution in [3.8, 4) is 0 Å². The Balaban J connectivity index is 1.69. The van der Waals surface area contributed by atoms with E-state index < -0.39 is 0 Å². The standard InChI is InChI=1S/C15H16N4O/c16-9-14-8-15(19-20-14)11-3-5-12(6-4-11)18-13-2-1-7-17-10-13/h1-7,10,14,18H,8-9,16H2. The molecule has 3 N–H and O–H groups in total. The number of hydrogen-bond acceptors (Lipinski definition) is 5. The van der Waals surface area contributed by atoms with Gasteiger partial charge in [0.15, 0.2) is 0 Å². The first-order valence-corrected chi connectivity index (χ1v) is 6.55. The Labute approximate surface area is 117 Å². The third kappa shape index (κ3) is 2.78. The summed E-state index contributed by atoms with van der Waals surface area (Å²) in [5.74, 6) is 0. The van der Waals surface area contributed by atoms with Crippen LogP contribution in [0.3, 0.4) is 0 Å². The Hall–Kier alpha value is -2.40. The second-order valence-electron chi connectivity index (χ2n) is 4.65. The van der Waals surface area contributed by atoms with Gasteiger partial charge >= 0.3 is 0 Å². The average Bonchev–Trinajstić information content (AvgIpc) is 2.98. The molecule has 20 heavy (non-hydrogen) atoms. The fourth-order valence-electron chi connectivity index (χ4n) is 2.07. The van der Waals surface area contributed by atoms with Crippen molar-refractivity contribution in [3.63, 3.8) is 0 Å². The number of nitrogens with two attached hydrogens (primary N) is 1. The van der Waals surface area contributed by atoms with Crippen LogP contribution < -0.4 is 11.1 Å². The minimum absolute atomic E-state index is 0.0122. The zero-order valence-electron chi connectivity index (χ0n) is 11.0. The van der Waals surface area contributed by atoms with Crippen LogP contribution in [0.2, 0.25) is 0 Å². The van der Waals surface area contributed by atoms with Crippen LogP contribution in [0.25, 0.3) is 0 Å². The van der Waals surface area contributed by atoms with Gasteiger partial charge in [-0.3, -0.25) is 4.98 Å². The third-order valence-electron chi connectivity index (χ3n) is 3.16. The highest BCUT2D eigenvalue weighted by Gasteiger charge is 2.20. The molecule has 3 rings (SSSR count). The lowest BCUT2D eigenvalue weighted by atomic mass is 10.0. The van der Waals surface area contributed by atoms with Gasteiger partial charge in [0.2, 0.25) is 0 Å². The van der Waals surface area contributed by atoms with Crippen molar-refractivity contribution in [2.75, 3.05) is 11.9 Å². The summed E-state index contributed by atoms with van der Waals surface area (Å²) in [4.78, 5) is 9.30. The molecule has 0 saturated heterocycles. The van der Waals surface area contributed by atoms with Gasteiger partial charge in [0.25, 0.3) is 0 Å². The number of rotatable bonds is 4. The van der Waals surface area contributed by atoms with E-state index in [0.29, 0.717) is 6.54 Å². The number of pyridine rings is 1. The minimum Gasteiger partial charge on any atom is -0.390 e. The maximum atomic E-state index is 5.57. The van der Waals surface area contributed by atoms with E-state index in [1.165, 1.54) is 0 Å². The summed E-state index contributed by atoms with van der Waals surface area (Å²) in [5, 5.41) is 7.37. The molecule has 5 heteroatoms. The Kier molecular flexibility index (Phi) is 3.60. The highest BCUT2D eigenvalue weighted by molar-refractivity contribution is 6.01. The second kappa shape index (κ2) is 5.71. The molecule has 1 aliphatic rings. The molecule has 5 nitrogen and oxygen atoms in total.